The van der Waals surface area contributed by atoms with Gasteiger partial charge in [0.1, 0.15) is 11.5 Å². The van der Waals surface area contributed by atoms with Gasteiger partial charge in [-0.05, 0) is 24.3 Å². The number of rotatable bonds is 2. The van der Waals surface area contributed by atoms with Crippen LogP contribution in [0.5, 0.6) is 5.75 Å². The zero-order valence-electron chi connectivity index (χ0n) is 8.12. The number of carbonyl (C=O) groups is 1. The number of halogens is 1. The summed E-state index contributed by atoms with van der Waals surface area (Å²) in [5.74, 6) is 0.941. The summed E-state index contributed by atoms with van der Waals surface area (Å²) in [5.41, 5.74) is 1.38. The number of benzene rings is 1. The van der Waals surface area contributed by atoms with Crippen LogP contribution in [0.2, 0.25) is 0 Å². The van der Waals surface area contributed by atoms with E-state index in [0.717, 1.165) is 5.56 Å². The van der Waals surface area contributed by atoms with Crippen molar-refractivity contribution in [1.82, 2.24) is 0 Å². The molecule has 0 fully saturated rings. The lowest BCUT2D eigenvalue weighted by atomic mass is 10.1. The summed E-state index contributed by atoms with van der Waals surface area (Å²) in [4.78, 5) is 11.5. The topological polar surface area (TPSA) is 35.5 Å². The summed E-state index contributed by atoms with van der Waals surface area (Å²) in [7, 11) is 1.57. The minimum atomic E-state index is -0.323. The summed E-state index contributed by atoms with van der Waals surface area (Å²) in [6.07, 6.45) is 1.82. The van der Waals surface area contributed by atoms with Crippen molar-refractivity contribution in [2.24, 2.45) is 0 Å². The Morgan fingerprint density at radius 2 is 2.27 bits per heavy atom. The van der Waals surface area contributed by atoms with Gasteiger partial charge < -0.3 is 9.47 Å². The van der Waals surface area contributed by atoms with E-state index in [9.17, 15) is 4.79 Å². The number of alkyl halides is 1. The third kappa shape index (κ3) is 1.77. The van der Waals surface area contributed by atoms with Gasteiger partial charge in [0, 0.05) is 10.9 Å². The summed E-state index contributed by atoms with van der Waals surface area (Å²) in [6.45, 7) is 0. The van der Waals surface area contributed by atoms with Crippen molar-refractivity contribution in [3.63, 3.8) is 0 Å². The highest BCUT2D eigenvalue weighted by molar-refractivity contribution is 9.09. The SMILES string of the molecule is COc1ccc2c(c1)C(=O)OC2=CCBr. The van der Waals surface area contributed by atoms with Gasteiger partial charge in [-0.1, -0.05) is 15.9 Å². The molecule has 0 spiro atoms. The van der Waals surface area contributed by atoms with E-state index in [1.54, 1.807) is 13.2 Å². The van der Waals surface area contributed by atoms with Crippen LogP contribution in [0.4, 0.5) is 0 Å². The van der Waals surface area contributed by atoms with E-state index in [-0.39, 0.29) is 5.97 Å². The first-order chi connectivity index (χ1) is 7.26. The first-order valence-corrected chi connectivity index (χ1v) is 5.55. The maximum atomic E-state index is 11.5. The molecule has 2 rings (SSSR count). The molecule has 1 aromatic rings. The van der Waals surface area contributed by atoms with Gasteiger partial charge in [0.2, 0.25) is 0 Å². The van der Waals surface area contributed by atoms with Crippen molar-refractivity contribution >= 4 is 27.7 Å². The Kier molecular flexibility index (Phi) is 2.77. The Labute approximate surface area is 95.8 Å². The van der Waals surface area contributed by atoms with Gasteiger partial charge in [0.05, 0.1) is 12.7 Å². The third-order valence-electron chi connectivity index (χ3n) is 2.18. The molecule has 1 aliphatic heterocycles. The number of cyclic esters (lactones) is 1. The number of allylic oxidation sites excluding steroid dienone is 1. The van der Waals surface area contributed by atoms with E-state index < -0.39 is 0 Å². The number of hydrogen-bond acceptors (Lipinski definition) is 3. The Morgan fingerprint density at radius 3 is 2.93 bits per heavy atom. The lowest BCUT2D eigenvalue weighted by molar-refractivity contribution is 0.0715. The number of fused-ring (bicyclic) bond motifs is 1. The summed E-state index contributed by atoms with van der Waals surface area (Å²) in [6, 6.07) is 5.32. The molecule has 0 amide bonds. The van der Waals surface area contributed by atoms with Crippen molar-refractivity contribution < 1.29 is 14.3 Å². The van der Waals surface area contributed by atoms with Crippen molar-refractivity contribution in [2.75, 3.05) is 12.4 Å². The molecule has 0 aliphatic carbocycles. The lowest BCUT2D eigenvalue weighted by Gasteiger charge is -2.00. The molecule has 0 atom stereocenters. The lowest BCUT2D eigenvalue weighted by Crippen LogP contribution is -1.94. The standard InChI is InChI=1S/C11H9BrO3/c1-14-7-2-3-8-9(6-7)11(13)15-10(8)4-5-12/h2-4,6H,5H2,1H3. The van der Waals surface area contributed by atoms with E-state index in [1.807, 2.05) is 18.2 Å². The highest BCUT2D eigenvalue weighted by Crippen LogP contribution is 2.32. The van der Waals surface area contributed by atoms with E-state index in [2.05, 4.69) is 15.9 Å². The molecule has 0 N–H and O–H groups in total. The minimum Gasteiger partial charge on any atom is -0.497 e. The predicted molar refractivity (Wildman–Crippen MR) is 60.2 cm³/mol. The summed E-state index contributed by atoms with van der Waals surface area (Å²) < 4.78 is 10.2. The smallest absolute Gasteiger partial charge is 0.344 e. The zero-order chi connectivity index (χ0) is 10.8. The molecule has 3 nitrogen and oxygen atoms in total. The molecule has 1 aromatic carbocycles. The van der Waals surface area contributed by atoms with Gasteiger partial charge in [0.15, 0.2) is 0 Å². The second-order valence-corrected chi connectivity index (χ2v) is 3.67. The van der Waals surface area contributed by atoms with Gasteiger partial charge in [-0.3, -0.25) is 0 Å². The van der Waals surface area contributed by atoms with Crippen molar-refractivity contribution in [2.45, 2.75) is 0 Å². The van der Waals surface area contributed by atoms with Crippen LogP contribution in [0.3, 0.4) is 0 Å². The van der Waals surface area contributed by atoms with Gasteiger partial charge in [-0.15, -0.1) is 0 Å². The van der Waals surface area contributed by atoms with Crippen LogP contribution >= 0.6 is 15.9 Å². The first-order valence-electron chi connectivity index (χ1n) is 4.43. The zero-order valence-corrected chi connectivity index (χ0v) is 9.71. The fourth-order valence-electron chi connectivity index (χ4n) is 1.47. The average Bonchev–Trinajstić information content (AvgIpc) is 2.56. The fourth-order valence-corrected chi connectivity index (χ4v) is 1.76. The molecule has 0 unspecified atom stereocenters. The highest BCUT2D eigenvalue weighted by atomic mass is 79.9. The quantitative estimate of drug-likeness (QED) is 0.611. The monoisotopic (exact) mass is 268 g/mol. The van der Waals surface area contributed by atoms with Crippen molar-refractivity contribution in [1.29, 1.82) is 0 Å². The van der Waals surface area contributed by atoms with Crippen LogP contribution < -0.4 is 4.74 Å². The van der Waals surface area contributed by atoms with Crippen LogP contribution in [0, 0.1) is 0 Å². The molecule has 0 saturated carbocycles. The predicted octanol–water partition coefficient (Wildman–Crippen LogP) is 2.60. The second-order valence-electron chi connectivity index (χ2n) is 3.02. The normalized spacial score (nSPS) is 16.4. The fraction of sp³-hybridized carbons (Fsp3) is 0.182. The van der Waals surface area contributed by atoms with E-state index >= 15 is 0 Å². The molecule has 0 saturated heterocycles. The summed E-state index contributed by atoms with van der Waals surface area (Å²) in [5, 5.41) is 0.654. The van der Waals surface area contributed by atoms with Crippen LogP contribution in [-0.4, -0.2) is 18.4 Å². The van der Waals surface area contributed by atoms with Gasteiger partial charge >= 0.3 is 5.97 Å². The number of hydrogen-bond donors (Lipinski definition) is 0. The largest absolute Gasteiger partial charge is 0.497 e. The molecular formula is C11H9BrO3. The second kappa shape index (κ2) is 4.06. The Bertz CT molecular complexity index is 437. The average molecular weight is 269 g/mol. The Hall–Kier alpha value is -1.29. The molecule has 78 valence electrons. The number of ether oxygens (including phenoxy) is 2. The van der Waals surface area contributed by atoms with Crippen molar-refractivity contribution in [3.05, 3.63) is 35.4 Å². The maximum Gasteiger partial charge on any atom is 0.344 e. The van der Waals surface area contributed by atoms with Crippen LogP contribution in [0.25, 0.3) is 5.76 Å². The van der Waals surface area contributed by atoms with Gasteiger partial charge in [-0.25, -0.2) is 4.79 Å². The maximum absolute atomic E-state index is 11.5. The highest BCUT2D eigenvalue weighted by Gasteiger charge is 2.26. The van der Waals surface area contributed by atoms with Crippen LogP contribution in [0.15, 0.2) is 24.3 Å². The summed E-state index contributed by atoms with van der Waals surface area (Å²) >= 11 is 3.27. The molecule has 0 radical (unpaired) electrons. The number of carbonyl (C=O) groups excluding carboxylic acids is 1. The molecule has 1 aliphatic rings. The van der Waals surface area contributed by atoms with Crippen molar-refractivity contribution in [3.8, 4) is 5.75 Å². The molecule has 1 heterocycles. The number of methoxy groups -OCH3 is 1. The molecule has 0 bridgehead atoms. The van der Waals surface area contributed by atoms with Crippen LogP contribution in [0.1, 0.15) is 15.9 Å². The molecular weight excluding hydrogens is 260 g/mol. The van der Waals surface area contributed by atoms with Crippen LogP contribution in [-0.2, 0) is 4.74 Å². The Balaban J connectivity index is 2.50. The number of esters is 1. The Morgan fingerprint density at radius 1 is 1.47 bits per heavy atom. The van der Waals surface area contributed by atoms with E-state index in [1.165, 1.54) is 0 Å². The third-order valence-corrected chi connectivity index (χ3v) is 2.50. The first kappa shape index (κ1) is 10.2. The van der Waals surface area contributed by atoms with E-state index in [4.69, 9.17) is 9.47 Å². The minimum absolute atomic E-state index is 0.323. The molecule has 15 heavy (non-hydrogen) atoms. The van der Waals surface area contributed by atoms with Gasteiger partial charge in [-0.2, -0.15) is 0 Å². The van der Waals surface area contributed by atoms with Gasteiger partial charge in [0.25, 0.3) is 0 Å². The van der Waals surface area contributed by atoms with E-state index in [0.29, 0.717) is 22.4 Å². The molecule has 0 aromatic heterocycles. The molecule has 4 heteroatoms.